The third-order valence-electron chi connectivity index (χ3n) is 3.84. The quantitative estimate of drug-likeness (QED) is 0.876. The molecule has 1 aromatic heterocycles. The van der Waals surface area contributed by atoms with Gasteiger partial charge in [-0.15, -0.1) is 0 Å². The lowest BCUT2D eigenvalue weighted by Crippen LogP contribution is -2.47. The monoisotopic (exact) mass is 310 g/mol. The predicted octanol–water partition coefficient (Wildman–Crippen LogP) is 1.26. The summed E-state index contributed by atoms with van der Waals surface area (Å²) in [4.78, 5) is 29.4. The molecule has 1 aromatic rings. The second-order valence-corrected chi connectivity index (χ2v) is 5.68. The Balaban J connectivity index is 1.85. The number of carbonyl (C=O) groups is 2. The SMILES string of the molecule is C[C@H](C(N)=O)N1CCC(C(=O)Nc2ccc(Cl)cn2)CC1. The molecule has 0 aromatic carbocycles. The molecule has 1 saturated heterocycles. The van der Waals surface area contributed by atoms with Gasteiger partial charge in [-0.25, -0.2) is 4.98 Å². The van der Waals surface area contributed by atoms with E-state index in [-0.39, 0.29) is 23.8 Å². The number of halogens is 1. The summed E-state index contributed by atoms with van der Waals surface area (Å²) in [5.41, 5.74) is 5.30. The Morgan fingerprint density at radius 1 is 1.43 bits per heavy atom. The molecule has 2 heterocycles. The van der Waals surface area contributed by atoms with Crippen molar-refractivity contribution in [1.82, 2.24) is 9.88 Å². The van der Waals surface area contributed by atoms with E-state index < -0.39 is 0 Å². The van der Waals surface area contributed by atoms with Gasteiger partial charge in [0.15, 0.2) is 0 Å². The molecule has 114 valence electrons. The average molecular weight is 311 g/mol. The van der Waals surface area contributed by atoms with Crippen LogP contribution in [0.4, 0.5) is 5.82 Å². The lowest BCUT2D eigenvalue weighted by Gasteiger charge is -2.33. The van der Waals surface area contributed by atoms with Gasteiger partial charge in [-0.3, -0.25) is 14.5 Å². The molecule has 2 rings (SSSR count). The van der Waals surface area contributed by atoms with Crippen LogP contribution in [0.3, 0.4) is 0 Å². The van der Waals surface area contributed by atoms with E-state index >= 15 is 0 Å². The molecule has 1 aliphatic rings. The summed E-state index contributed by atoms with van der Waals surface area (Å²) in [5.74, 6) is 0.0515. The van der Waals surface area contributed by atoms with Crippen molar-refractivity contribution in [2.75, 3.05) is 18.4 Å². The number of carbonyl (C=O) groups excluding carboxylic acids is 2. The third-order valence-corrected chi connectivity index (χ3v) is 4.06. The number of piperidine rings is 1. The summed E-state index contributed by atoms with van der Waals surface area (Å²) in [5, 5.41) is 3.32. The van der Waals surface area contributed by atoms with Crippen LogP contribution in [0.25, 0.3) is 0 Å². The number of rotatable bonds is 4. The van der Waals surface area contributed by atoms with Gasteiger partial charge in [-0.05, 0) is 45.0 Å². The Morgan fingerprint density at radius 2 is 2.10 bits per heavy atom. The third kappa shape index (κ3) is 4.15. The second kappa shape index (κ2) is 6.87. The lowest BCUT2D eigenvalue weighted by atomic mass is 9.95. The molecule has 3 N–H and O–H groups in total. The van der Waals surface area contributed by atoms with Gasteiger partial charge in [0.1, 0.15) is 5.82 Å². The first kappa shape index (κ1) is 15.7. The molecule has 0 aliphatic carbocycles. The first-order chi connectivity index (χ1) is 9.97. The maximum atomic E-state index is 12.2. The van der Waals surface area contributed by atoms with Crippen LogP contribution in [0, 0.1) is 5.92 Å². The molecule has 1 atom stereocenters. The summed E-state index contributed by atoms with van der Waals surface area (Å²) >= 11 is 5.75. The van der Waals surface area contributed by atoms with Crippen LogP contribution in [0.2, 0.25) is 5.02 Å². The Labute approximate surface area is 128 Å². The van der Waals surface area contributed by atoms with E-state index in [1.807, 2.05) is 4.90 Å². The van der Waals surface area contributed by atoms with Crippen LogP contribution >= 0.6 is 11.6 Å². The number of nitrogens with one attached hydrogen (secondary N) is 1. The molecule has 0 unspecified atom stereocenters. The van der Waals surface area contributed by atoms with E-state index in [4.69, 9.17) is 17.3 Å². The Kier molecular flexibility index (Phi) is 5.14. The smallest absolute Gasteiger partial charge is 0.234 e. The van der Waals surface area contributed by atoms with Gasteiger partial charge in [0.25, 0.3) is 0 Å². The van der Waals surface area contributed by atoms with Crippen molar-refractivity contribution in [2.45, 2.75) is 25.8 Å². The van der Waals surface area contributed by atoms with E-state index in [0.29, 0.717) is 36.8 Å². The van der Waals surface area contributed by atoms with Gasteiger partial charge in [0.05, 0.1) is 11.1 Å². The van der Waals surface area contributed by atoms with E-state index in [0.717, 1.165) is 0 Å². The van der Waals surface area contributed by atoms with Gasteiger partial charge < -0.3 is 11.1 Å². The van der Waals surface area contributed by atoms with Gasteiger partial charge in [-0.2, -0.15) is 0 Å². The standard InChI is InChI=1S/C14H19ClN4O2/c1-9(13(16)20)19-6-4-10(5-7-19)14(21)18-12-3-2-11(15)8-17-12/h2-3,8-10H,4-7H2,1H3,(H2,16,20)(H,17,18,21)/t9-/m1/s1. The van der Waals surface area contributed by atoms with Crippen LogP contribution < -0.4 is 11.1 Å². The fourth-order valence-corrected chi connectivity index (χ4v) is 2.52. The van der Waals surface area contributed by atoms with Gasteiger partial charge in [-0.1, -0.05) is 11.6 Å². The van der Waals surface area contributed by atoms with Crippen molar-refractivity contribution in [2.24, 2.45) is 11.7 Å². The number of likely N-dealkylation sites (tertiary alicyclic amines) is 1. The minimum Gasteiger partial charge on any atom is -0.368 e. The highest BCUT2D eigenvalue weighted by atomic mass is 35.5. The Morgan fingerprint density at radius 3 is 2.62 bits per heavy atom. The highest BCUT2D eigenvalue weighted by Gasteiger charge is 2.28. The molecule has 0 bridgehead atoms. The molecule has 0 radical (unpaired) electrons. The fourth-order valence-electron chi connectivity index (χ4n) is 2.41. The lowest BCUT2D eigenvalue weighted by molar-refractivity contribution is -0.124. The molecule has 6 nitrogen and oxygen atoms in total. The molecular formula is C14H19ClN4O2. The number of primary amides is 1. The number of pyridine rings is 1. The van der Waals surface area contributed by atoms with E-state index in [2.05, 4.69) is 10.3 Å². The molecule has 1 fully saturated rings. The highest BCUT2D eigenvalue weighted by Crippen LogP contribution is 2.20. The zero-order valence-corrected chi connectivity index (χ0v) is 12.6. The maximum absolute atomic E-state index is 12.2. The molecule has 2 amide bonds. The van der Waals surface area contributed by atoms with Crippen molar-refractivity contribution < 1.29 is 9.59 Å². The first-order valence-electron chi connectivity index (χ1n) is 6.93. The average Bonchev–Trinajstić information content (AvgIpc) is 2.49. The van der Waals surface area contributed by atoms with Crippen molar-refractivity contribution >= 4 is 29.2 Å². The van der Waals surface area contributed by atoms with E-state index in [1.54, 1.807) is 19.1 Å². The van der Waals surface area contributed by atoms with Crippen molar-refractivity contribution in [3.63, 3.8) is 0 Å². The molecule has 1 aliphatic heterocycles. The predicted molar refractivity (Wildman–Crippen MR) is 80.8 cm³/mol. The summed E-state index contributed by atoms with van der Waals surface area (Å²) in [6.45, 7) is 3.17. The summed E-state index contributed by atoms with van der Waals surface area (Å²) in [7, 11) is 0. The highest BCUT2D eigenvalue weighted by molar-refractivity contribution is 6.30. The summed E-state index contributed by atoms with van der Waals surface area (Å²) in [6.07, 6.45) is 2.91. The maximum Gasteiger partial charge on any atom is 0.234 e. The molecule has 0 saturated carbocycles. The minimum atomic E-state index is -0.330. The molecule has 0 spiro atoms. The normalized spacial score (nSPS) is 18.2. The molecular weight excluding hydrogens is 292 g/mol. The topological polar surface area (TPSA) is 88.3 Å². The summed E-state index contributed by atoms with van der Waals surface area (Å²) < 4.78 is 0. The molecule has 7 heteroatoms. The van der Waals surface area contributed by atoms with Crippen LogP contribution in [0.5, 0.6) is 0 Å². The minimum absolute atomic E-state index is 0.0452. The molecule has 21 heavy (non-hydrogen) atoms. The van der Waals surface area contributed by atoms with Crippen LogP contribution in [-0.4, -0.2) is 40.8 Å². The van der Waals surface area contributed by atoms with E-state index in [9.17, 15) is 9.59 Å². The second-order valence-electron chi connectivity index (χ2n) is 5.24. The van der Waals surface area contributed by atoms with Crippen LogP contribution in [0.15, 0.2) is 18.3 Å². The van der Waals surface area contributed by atoms with Gasteiger partial charge >= 0.3 is 0 Å². The van der Waals surface area contributed by atoms with Crippen molar-refractivity contribution in [3.05, 3.63) is 23.4 Å². The number of hydrogen-bond donors (Lipinski definition) is 2. The number of amides is 2. The van der Waals surface area contributed by atoms with E-state index in [1.165, 1.54) is 6.20 Å². The van der Waals surface area contributed by atoms with Crippen LogP contribution in [0.1, 0.15) is 19.8 Å². The van der Waals surface area contributed by atoms with Crippen molar-refractivity contribution in [3.8, 4) is 0 Å². The Bertz CT molecular complexity index is 512. The largest absolute Gasteiger partial charge is 0.368 e. The van der Waals surface area contributed by atoms with Gasteiger partial charge in [0, 0.05) is 12.1 Å². The van der Waals surface area contributed by atoms with Gasteiger partial charge in [0.2, 0.25) is 11.8 Å². The first-order valence-corrected chi connectivity index (χ1v) is 7.31. The number of aromatic nitrogens is 1. The van der Waals surface area contributed by atoms with Crippen LogP contribution in [-0.2, 0) is 9.59 Å². The zero-order valence-electron chi connectivity index (χ0n) is 11.9. The number of nitrogens with two attached hydrogens (primary N) is 1. The zero-order chi connectivity index (χ0) is 15.4. The Hall–Kier alpha value is -1.66. The fraction of sp³-hybridized carbons (Fsp3) is 0.500. The van der Waals surface area contributed by atoms with Crippen molar-refractivity contribution in [1.29, 1.82) is 0 Å². The number of anilines is 1. The number of hydrogen-bond acceptors (Lipinski definition) is 4. The summed E-state index contributed by atoms with van der Waals surface area (Å²) in [6, 6.07) is 3.07. The number of nitrogens with zero attached hydrogens (tertiary/aromatic N) is 2.